The van der Waals surface area contributed by atoms with Crippen molar-refractivity contribution >= 4 is 15.9 Å². The van der Waals surface area contributed by atoms with E-state index < -0.39 is 0 Å². The number of hydrogen-bond acceptors (Lipinski definition) is 3. The molecule has 0 radical (unpaired) electrons. The minimum absolute atomic E-state index is 0.678. The predicted molar refractivity (Wildman–Crippen MR) is 72.1 cm³/mol. The second-order valence-electron chi connectivity index (χ2n) is 3.93. The first kappa shape index (κ1) is 11.3. The molecule has 1 aromatic carbocycles. The molecule has 3 aromatic rings. The summed E-state index contributed by atoms with van der Waals surface area (Å²) in [7, 11) is 0. The van der Waals surface area contributed by atoms with Crippen molar-refractivity contribution in [2.45, 2.75) is 6.92 Å². The van der Waals surface area contributed by atoms with Gasteiger partial charge < -0.3 is 8.94 Å². The van der Waals surface area contributed by atoms with Gasteiger partial charge in [0, 0.05) is 0 Å². The minimum Gasteiger partial charge on any atom is -0.448 e. The van der Waals surface area contributed by atoms with E-state index in [0.29, 0.717) is 10.4 Å². The molecule has 0 bridgehead atoms. The van der Waals surface area contributed by atoms with Crippen LogP contribution >= 0.6 is 15.9 Å². The van der Waals surface area contributed by atoms with Gasteiger partial charge in [-0.3, -0.25) is 0 Å². The summed E-state index contributed by atoms with van der Waals surface area (Å²) in [6.45, 7) is 1.90. The average molecular weight is 304 g/mol. The summed E-state index contributed by atoms with van der Waals surface area (Å²) < 4.78 is 11.5. The molecule has 0 aliphatic rings. The molecule has 0 aliphatic heterocycles. The molecular weight excluding hydrogens is 294 g/mol. The zero-order chi connectivity index (χ0) is 12.5. The number of aryl methyl sites for hydroxylation is 1. The van der Waals surface area contributed by atoms with Crippen LogP contribution in [0.15, 0.2) is 56.1 Å². The van der Waals surface area contributed by atoms with Crippen LogP contribution in [0.3, 0.4) is 0 Å². The smallest absolute Gasteiger partial charge is 0.169 e. The first-order chi connectivity index (χ1) is 8.75. The van der Waals surface area contributed by atoms with Crippen molar-refractivity contribution < 1.29 is 8.94 Å². The van der Waals surface area contributed by atoms with E-state index in [0.717, 1.165) is 22.6 Å². The molecule has 2 heterocycles. The van der Waals surface area contributed by atoms with Gasteiger partial charge in [-0.25, -0.2) is 0 Å². The highest BCUT2D eigenvalue weighted by atomic mass is 79.9. The van der Waals surface area contributed by atoms with Crippen molar-refractivity contribution in [1.82, 2.24) is 5.16 Å². The maximum absolute atomic E-state index is 5.54. The van der Waals surface area contributed by atoms with Crippen LogP contribution in [0, 0.1) is 6.92 Å². The Kier molecular flexibility index (Phi) is 2.80. The topological polar surface area (TPSA) is 39.2 Å². The Hall–Kier alpha value is -1.81. The van der Waals surface area contributed by atoms with E-state index in [1.165, 1.54) is 0 Å². The molecule has 90 valence electrons. The van der Waals surface area contributed by atoms with E-state index in [-0.39, 0.29) is 0 Å². The van der Waals surface area contributed by atoms with E-state index in [1.54, 1.807) is 0 Å². The normalized spacial score (nSPS) is 10.8. The second-order valence-corrected chi connectivity index (χ2v) is 4.71. The van der Waals surface area contributed by atoms with Gasteiger partial charge in [0.2, 0.25) is 0 Å². The quantitative estimate of drug-likeness (QED) is 0.690. The van der Waals surface area contributed by atoms with Gasteiger partial charge in [-0.2, -0.15) is 0 Å². The molecule has 0 N–H and O–H groups in total. The van der Waals surface area contributed by atoms with E-state index in [2.05, 4.69) is 21.1 Å². The number of hydrogen-bond donors (Lipinski definition) is 0. The minimum atomic E-state index is 0.678. The highest BCUT2D eigenvalue weighted by Crippen LogP contribution is 2.35. The first-order valence-electron chi connectivity index (χ1n) is 5.53. The van der Waals surface area contributed by atoms with Crippen LogP contribution in [0.4, 0.5) is 0 Å². The van der Waals surface area contributed by atoms with Gasteiger partial charge >= 0.3 is 0 Å². The van der Waals surface area contributed by atoms with Crippen LogP contribution in [0.25, 0.3) is 22.6 Å². The highest BCUT2D eigenvalue weighted by molar-refractivity contribution is 9.10. The van der Waals surface area contributed by atoms with Gasteiger partial charge in [0.1, 0.15) is 5.76 Å². The molecule has 0 saturated heterocycles. The fourth-order valence-electron chi connectivity index (χ4n) is 1.93. The van der Waals surface area contributed by atoms with Gasteiger partial charge in [-0.15, -0.1) is 0 Å². The van der Waals surface area contributed by atoms with Crippen molar-refractivity contribution in [3.05, 3.63) is 52.9 Å². The Morgan fingerprint density at radius 2 is 1.83 bits per heavy atom. The molecule has 0 fully saturated rings. The molecule has 0 saturated carbocycles. The summed E-state index contributed by atoms with van der Waals surface area (Å²) in [6.07, 6.45) is 0. The van der Waals surface area contributed by atoms with Gasteiger partial charge in [0.15, 0.2) is 16.1 Å². The van der Waals surface area contributed by atoms with Crippen LogP contribution < -0.4 is 0 Å². The Morgan fingerprint density at radius 1 is 1.06 bits per heavy atom. The summed E-state index contributed by atoms with van der Waals surface area (Å²) in [5, 5.41) is 4.09. The van der Waals surface area contributed by atoms with Gasteiger partial charge in [-0.1, -0.05) is 35.5 Å². The number of aromatic nitrogens is 1. The molecule has 3 rings (SSSR count). The second kappa shape index (κ2) is 4.46. The molecular formula is C14H10BrNO2. The Morgan fingerprint density at radius 3 is 2.50 bits per heavy atom. The SMILES string of the molecule is Cc1onc(-c2ccc(Br)o2)c1-c1ccccc1. The lowest BCUT2D eigenvalue weighted by molar-refractivity contribution is 0.397. The van der Waals surface area contributed by atoms with Gasteiger partial charge in [0.05, 0.1) is 5.56 Å². The van der Waals surface area contributed by atoms with Gasteiger partial charge in [0.25, 0.3) is 0 Å². The molecule has 0 amide bonds. The molecule has 18 heavy (non-hydrogen) atoms. The number of nitrogens with zero attached hydrogens (tertiary/aromatic N) is 1. The van der Waals surface area contributed by atoms with E-state index in [9.17, 15) is 0 Å². The Balaban J connectivity index is 2.18. The fourth-order valence-corrected chi connectivity index (χ4v) is 2.23. The third-order valence-corrected chi connectivity index (χ3v) is 3.16. The lowest BCUT2D eigenvalue weighted by Crippen LogP contribution is -1.81. The molecule has 0 spiro atoms. The number of furan rings is 1. The zero-order valence-corrected chi connectivity index (χ0v) is 11.3. The van der Waals surface area contributed by atoms with Crippen LogP contribution in [0.5, 0.6) is 0 Å². The van der Waals surface area contributed by atoms with Crippen molar-refractivity contribution in [2.75, 3.05) is 0 Å². The number of benzene rings is 1. The third kappa shape index (κ3) is 1.88. The molecule has 0 aliphatic carbocycles. The highest BCUT2D eigenvalue weighted by Gasteiger charge is 2.18. The standard InChI is InChI=1S/C14H10BrNO2/c1-9-13(10-5-3-2-4-6-10)14(16-18-9)11-7-8-12(15)17-11/h2-8H,1H3. The van der Waals surface area contributed by atoms with Crippen LogP contribution in [0.1, 0.15) is 5.76 Å². The van der Waals surface area contributed by atoms with E-state index in [1.807, 2.05) is 49.4 Å². The lowest BCUT2D eigenvalue weighted by atomic mass is 10.0. The monoisotopic (exact) mass is 303 g/mol. The average Bonchev–Trinajstić information content (AvgIpc) is 2.96. The summed E-state index contributed by atoms with van der Waals surface area (Å²) in [4.78, 5) is 0. The Bertz CT molecular complexity index is 670. The number of rotatable bonds is 2. The molecule has 0 atom stereocenters. The van der Waals surface area contributed by atoms with Crippen molar-refractivity contribution in [3.63, 3.8) is 0 Å². The third-order valence-electron chi connectivity index (χ3n) is 2.73. The van der Waals surface area contributed by atoms with Crippen molar-refractivity contribution in [3.8, 4) is 22.6 Å². The van der Waals surface area contributed by atoms with Crippen LogP contribution in [-0.2, 0) is 0 Å². The number of halogens is 1. The summed E-state index contributed by atoms with van der Waals surface area (Å²) in [6, 6.07) is 13.7. The van der Waals surface area contributed by atoms with E-state index >= 15 is 0 Å². The van der Waals surface area contributed by atoms with E-state index in [4.69, 9.17) is 8.94 Å². The molecule has 4 heteroatoms. The molecule has 3 nitrogen and oxygen atoms in total. The molecule has 2 aromatic heterocycles. The van der Waals surface area contributed by atoms with Crippen LogP contribution in [0.2, 0.25) is 0 Å². The van der Waals surface area contributed by atoms with Crippen molar-refractivity contribution in [2.24, 2.45) is 0 Å². The first-order valence-corrected chi connectivity index (χ1v) is 6.32. The summed E-state index contributed by atoms with van der Waals surface area (Å²) in [5.41, 5.74) is 2.76. The van der Waals surface area contributed by atoms with Crippen molar-refractivity contribution in [1.29, 1.82) is 0 Å². The lowest BCUT2D eigenvalue weighted by Gasteiger charge is -2.00. The maximum atomic E-state index is 5.54. The zero-order valence-electron chi connectivity index (χ0n) is 9.68. The molecule has 0 unspecified atom stereocenters. The fraction of sp³-hybridized carbons (Fsp3) is 0.0714. The summed E-state index contributed by atoms with van der Waals surface area (Å²) in [5.74, 6) is 1.47. The Labute approximate surface area is 113 Å². The predicted octanol–water partition coefficient (Wildman–Crippen LogP) is 4.67. The van der Waals surface area contributed by atoms with Crippen LogP contribution in [-0.4, -0.2) is 5.16 Å². The largest absolute Gasteiger partial charge is 0.448 e. The maximum Gasteiger partial charge on any atom is 0.169 e. The summed E-state index contributed by atoms with van der Waals surface area (Å²) >= 11 is 3.29. The van der Waals surface area contributed by atoms with Gasteiger partial charge in [-0.05, 0) is 40.5 Å².